The Morgan fingerprint density at radius 2 is 1.97 bits per heavy atom. The number of benzene rings is 1. The Hall–Kier alpha value is -2.09. The molecule has 1 aliphatic heterocycles. The van der Waals surface area contributed by atoms with Crippen LogP contribution in [0.1, 0.15) is 37.3 Å². The van der Waals surface area contributed by atoms with Crippen molar-refractivity contribution in [1.29, 1.82) is 0 Å². The van der Waals surface area contributed by atoms with Gasteiger partial charge in [-0.3, -0.25) is 9.59 Å². The first-order valence-electron chi connectivity index (χ1n) is 10.1. The highest BCUT2D eigenvalue weighted by atomic mass is 35.5. The number of piperazine rings is 1. The summed E-state index contributed by atoms with van der Waals surface area (Å²) in [5.74, 6) is 0.646. The number of aromatic nitrogens is 2. The van der Waals surface area contributed by atoms with Gasteiger partial charge in [-0.1, -0.05) is 23.7 Å². The van der Waals surface area contributed by atoms with Crippen molar-refractivity contribution in [3.63, 3.8) is 0 Å². The van der Waals surface area contributed by atoms with Gasteiger partial charge in [-0.25, -0.2) is 4.68 Å². The highest BCUT2D eigenvalue weighted by Crippen LogP contribution is 2.42. The van der Waals surface area contributed by atoms with E-state index in [0.29, 0.717) is 30.5 Å². The van der Waals surface area contributed by atoms with Gasteiger partial charge < -0.3 is 16.0 Å². The van der Waals surface area contributed by atoms with Crippen molar-refractivity contribution >= 4 is 35.7 Å². The molecule has 0 atom stereocenters. The van der Waals surface area contributed by atoms with Crippen molar-refractivity contribution in [3.05, 3.63) is 57.3 Å². The van der Waals surface area contributed by atoms with E-state index in [1.54, 1.807) is 16.8 Å². The summed E-state index contributed by atoms with van der Waals surface area (Å²) in [7, 11) is 0. The van der Waals surface area contributed by atoms with Crippen LogP contribution in [0.15, 0.2) is 41.2 Å². The quantitative estimate of drug-likeness (QED) is 0.743. The predicted octanol–water partition coefficient (Wildman–Crippen LogP) is 2.27. The fourth-order valence-electron chi connectivity index (χ4n) is 4.51. The third-order valence-corrected chi connectivity index (χ3v) is 6.49. The lowest BCUT2D eigenvalue weighted by Gasteiger charge is -2.40. The topological polar surface area (TPSA) is 93.2 Å². The van der Waals surface area contributed by atoms with Crippen molar-refractivity contribution in [3.8, 4) is 0 Å². The van der Waals surface area contributed by atoms with Crippen LogP contribution in [-0.2, 0) is 10.2 Å². The molecule has 1 aliphatic carbocycles. The Bertz CT molecular complexity index is 956. The number of carbonyl (C=O) groups excluding carboxylic acids is 1. The number of carbonyl (C=O) groups is 1. The normalized spacial score (nSPS) is 24.1. The van der Waals surface area contributed by atoms with Gasteiger partial charge in [-0.2, -0.15) is 5.10 Å². The van der Waals surface area contributed by atoms with Crippen LogP contribution in [-0.4, -0.2) is 41.9 Å². The number of halogens is 2. The van der Waals surface area contributed by atoms with Gasteiger partial charge in [-0.15, -0.1) is 12.4 Å². The summed E-state index contributed by atoms with van der Waals surface area (Å²) in [6.45, 7) is 2.08. The number of nitrogens with two attached hydrogens (primary N) is 1. The third-order valence-electron chi connectivity index (χ3n) is 6.26. The number of anilines is 1. The van der Waals surface area contributed by atoms with Crippen LogP contribution >= 0.6 is 24.0 Å². The molecule has 30 heavy (non-hydrogen) atoms. The van der Waals surface area contributed by atoms with Crippen LogP contribution in [0.25, 0.3) is 0 Å². The summed E-state index contributed by atoms with van der Waals surface area (Å²) >= 11 is 6.20. The maximum Gasteiger partial charge on any atom is 0.267 e. The average molecular weight is 452 g/mol. The first-order chi connectivity index (χ1) is 14.0. The number of hydrogen-bond acceptors (Lipinski definition) is 5. The molecule has 1 saturated carbocycles. The minimum Gasteiger partial charge on any atom is -0.353 e. The van der Waals surface area contributed by atoms with E-state index in [1.165, 1.54) is 5.56 Å². The van der Waals surface area contributed by atoms with Crippen molar-refractivity contribution in [1.82, 2.24) is 15.1 Å². The Kier molecular flexibility index (Phi) is 7.06. The molecule has 0 spiro atoms. The molecule has 2 aromatic rings. The van der Waals surface area contributed by atoms with E-state index in [0.717, 1.165) is 25.7 Å². The second kappa shape index (κ2) is 9.37. The van der Waals surface area contributed by atoms with Crippen LogP contribution in [0, 0.1) is 0 Å². The Labute approximate surface area is 187 Å². The van der Waals surface area contributed by atoms with E-state index < -0.39 is 0 Å². The Balaban J connectivity index is 0.00000256. The molecule has 2 aliphatic rings. The van der Waals surface area contributed by atoms with Crippen LogP contribution in [0.3, 0.4) is 0 Å². The average Bonchev–Trinajstić information content (AvgIpc) is 2.74. The lowest BCUT2D eigenvalue weighted by Crippen LogP contribution is -2.48. The Morgan fingerprint density at radius 3 is 2.63 bits per heavy atom. The largest absolute Gasteiger partial charge is 0.353 e. The van der Waals surface area contributed by atoms with Crippen LogP contribution in [0.4, 0.5) is 5.82 Å². The van der Waals surface area contributed by atoms with Gasteiger partial charge in [0.15, 0.2) is 0 Å². The second-order valence-corrected chi connectivity index (χ2v) is 8.41. The standard InChI is InChI=1S/C21H26ClN5O2.ClH/c22-16-3-1-2-15(12-16)21(14-23)8-6-17(7-9-21)27-20(29)5-4-18(25-27)26-11-10-24-19(28)13-26;/h1-5,12,17H,6-11,13-14,23H2,(H,24,28);1H. The molecule has 7 nitrogen and oxygen atoms in total. The lowest BCUT2D eigenvalue weighted by molar-refractivity contribution is -0.120. The molecular weight excluding hydrogens is 425 g/mol. The van der Waals surface area contributed by atoms with Gasteiger partial charge in [0.1, 0.15) is 5.82 Å². The molecule has 1 aromatic carbocycles. The molecule has 3 N–H and O–H groups in total. The van der Waals surface area contributed by atoms with Crippen LogP contribution in [0.5, 0.6) is 0 Å². The smallest absolute Gasteiger partial charge is 0.267 e. The molecule has 2 fully saturated rings. The summed E-state index contributed by atoms with van der Waals surface area (Å²) in [4.78, 5) is 26.1. The van der Waals surface area contributed by atoms with Crippen molar-refractivity contribution in [2.75, 3.05) is 31.1 Å². The Morgan fingerprint density at radius 1 is 1.20 bits per heavy atom. The molecule has 1 amide bonds. The van der Waals surface area contributed by atoms with Gasteiger partial charge in [-0.05, 0) is 49.4 Å². The van der Waals surface area contributed by atoms with Gasteiger partial charge >= 0.3 is 0 Å². The SMILES string of the molecule is Cl.NCC1(c2cccc(Cl)c2)CCC(n2nc(N3CCNC(=O)C3)ccc2=O)CC1. The zero-order chi connectivity index (χ0) is 20.4. The molecule has 0 radical (unpaired) electrons. The van der Waals surface area contributed by atoms with E-state index in [1.807, 2.05) is 23.1 Å². The molecule has 162 valence electrons. The van der Waals surface area contributed by atoms with Crippen molar-refractivity contribution in [2.45, 2.75) is 37.1 Å². The zero-order valence-electron chi connectivity index (χ0n) is 16.7. The fraction of sp³-hybridized carbons (Fsp3) is 0.476. The number of amides is 1. The number of hydrogen-bond donors (Lipinski definition) is 2. The summed E-state index contributed by atoms with van der Waals surface area (Å²) in [6.07, 6.45) is 3.39. The second-order valence-electron chi connectivity index (χ2n) is 7.97. The summed E-state index contributed by atoms with van der Waals surface area (Å²) < 4.78 is 1.60. The molecular formula is C21H27Cl2N5O2. The van der Waals surface area contributed by atoms with Gasteiger partial charge in [0.25, 0.3) is 5.56 Å². The molecule has 4 rings (SSSR count). The monoisotopic (exact) mass is 451 g/mol. The van der Waals surface area contributed by atoms with E-state index >= 15 is 0 Å². The third kappa shape index (κ3) is 4.48. The molecule has 1 saturated heterocycles. The molecule has 0 bridgehead atoms. The fourth-order valence-corrected chi connectivity index (χ4v) is 4.70. The molecule has 9 heteroatoms. The molecule has 1 aromatic heterocycles. The summed E-state index contributed by atoms with van der Waals surface area (Å²) in [5.41, 5.74) is 7.14. The van der Waals surface area contributed by atoms with Crippen molar-refractivity contribution in [2.24, 2.45) is 5.73 Å². The first-order valence-corrected chi connectivity index (χ1v) is 10.5. The summed E-state index contributed by atoms with van der Waals surface area (Å²) in [6, 6.07) is 11.2. The highest BCUT2D eigenvalue weighted by Gasteiger charge is 2.37. The van der Waals surface area contributed by atoms with Crippen molar-refractivity contribution < 1.29 is 4.79 Å². The van der Waals surface area contributed by atoms with Gasteiger partial charge in [0.05, 0.1) is 12.6 Å². The van der Waals surface area contributed by atoms with E-state index in [2.05, 4.69) is 16.5 Å². The minimum absolute atomic E-state index is 0. The number of rotatable bonds is 4. The highest BCUT2D eigenvalue weighted by molar-refractivity contribution is 6.30. The molecule has 0 unspecified atom stereocenters. The van der Waals surface area contributed by atoms with E-state index in [-0.39, 0.29) is 41.9 Å². The minimum atomic E-state index is -0.117. The van der Waals surface area contributed by atoms with E-state index in [9.17, 15) is 9.59 Å². The lowest BCUT2D eigenvalue weighted by atomic mass is 9.68. The first kappa shape index (κ1) is 22.6. The van der Waals surface area contributed by atoms with Gasteiger partial charge in [0.2, 0.25) is 5.91 Å². The maximum absolute atomic E-state index is 12.5. The maximum atomic E-state index is 12.5. The number of nitrogens with zero attached hydrogens (tertiary/aromatic N) is 3. The predicted molar refractivity (Wildman–Crippen MR) is 121 cm³/mol. The zero-order valence-corrected chi connectivity index (χ0v) is 18.3. The van der Waals surface area contributed by atoms with Crippen LogP contribution < -0.4 is 21.5 Å². The van der Waals surface area contributed by atoms with E-state index in [4.69, 9.17) is 17.3 Å². The van der Waals surface area contributed by atoms with Gasteiger partial charge in [0, 0.05) is 36.1 Å². The van der Waals surface area contributed by atoms with Crippen LogP contribution in [0.2, 0.25) is 5.02 Å². The number of nitrogens with one attached hydrogen (secondary N) is 1. The molecule has 2 heterocycles. The summed E-state index contributed by atoms with van der Waals surface area (Å²) in [5, 5.41) is 8.14.